The van der Waals surface area contributed by atoms with Gasteiger partial charge in [0.05, 0.1) is 7.11 Å². The van der Waals surface area contributed by atoms with Crippen LogP contribution < -0.4 is 9.47 Å². The summed E-state index contributed by atoms with van der Waals surface area (Å²) in [4.78, 5) is 0. The van der Waals surface area contributed by atoms with E-state index in [2.05, 4.69) is 15.9 Å². The smallest absolute Gasteiger partial charge is 0.127 e. The van der Waals surface area contributed by atoms with Crippen LogP contribution in [-0.2, 0) is 11.9 Å². The average molecular weight is 339 g/mol. The van der Waals surface area contributed by atoms with Gasteiger partial charge in [-0.05, 0) is 36.8 Å². The minimum absolute atomic E-state index is 0.298. The third-order valence-corrected chi connectivity index (χ3v) is 3.56. The zero-order valence-corrected chi connectivity index (χ0v) is 13.0. The van der Waals surface area contributed by atoms with Gasteiger partial charge in [0.2, 0.25) is 0 Å². The van der Waals surface area contributed by atoms with Gasteiger partial charge in [0.15, 0.2) is 0 Å². The first kappa shape index (κ1) is 14.9. The highest BCUT2D eigenvalue weighted by molar-refractivity contribution is 9.08. The monoisotopic (exact) mass is 338 g/mol. The van der Waals surface area contributed by atoms with E-state index in [1.165, 1.54) is 12.1 Å². The fraction of sp³-hybridized carbons (Fsp3) is 0.250. The van der Waals surface area contributed by atoms with Crippen LogP contribution in [0.3, 0.4) is 0 Å². The molecule has 2 rings (SSSR count). The van der Waals surface area contributed by atoms with E-state index in [4.69, 9.17) is 9.47 Å². The Morgan fingerprint density at radius 1 is 1.15 bits per heavy atom. The molecule has 0 heterocycles. The summed E-state index contributed by atoms with van der Waals surface area (Å²) < 4.78 is 24.4. The Balaban J connectivity index is 2.16. The number of hydrogen-bond acceptors (Lipinski definition) is 2. The predicted octanol–water partition coefficient (Wildman–Crippen LogP) is 4.62. The van der Waals surface area contributed by atoms with Crippen molar-refractivity contribution >= 4 is 15.9 Å². The minimum atomic E-state index is -0.298. The average Bonchev–Trinajstić information content (AvgIpc) is 2.44. The van der Waals surface area contributed by atoms with Crippen LogP contribution in [0.15, 0.2) is 36.4 Å². The zero-order valence-electron chi connectivity index (χ0n) is 11.5. The molecule has 0 aliphatic rings. The number of benzene rings is 2. The molecule has 0 amide bonds. The molecular formula is C16H16BrFO2. The second kappa shape index (κ2) is 6.75. The lowest BCUT2D eigenvalue weighted by atomic mass is 10.1. The van der Waals surface area contributed by atoms with Gasteiger partial charge >= 0.3 is 0 Å². The molecule has 0 aliphatic heterocycles. The molecule has 0 unspecified atom stereocenters. The van der Waals surface area contributed by atoms with Crippen LogP contribution in [0.2, 0.25) is 0 Å². The van der Waals surface area contributed by atoms with Crippen molar-refractivity contribution in [1.82, 2.24) is 0 Å². The number of aryl methyl sites for hydroxylation is 1. The molecule has 0 spiro atoms. The maximum atomic E-state index is 13.4. The number of alkyl halides is 1. The van der Waals surface area contributed by atoms with Gasteiger partial charge in [-0.1, -0.05) is 27.6 Å². The molecule has 2 aromatic carbocycles. The van der Waals surface area contributed by atoms with Gasteiger partial charge in [-0.15, -0.1) is 0 Å². The van der Waals surface area contributed by atoms with E-state index in [0.29, 0.717) is 17.7 Å². The maximum absolute atomic E-state index is 13.4. The number of rotatable bonds is 5. The van der Waals surface area contributed by atoms with Gasteiger partial charge in [-0.25, -0.2) is 4.39 Å². The van der Waals surface area contributed by atoms with E-state index in [9.17, 15) is 4.39 Å². The lowest BCUT2D eigenvalue weighted by Gasteiger charge is -2.12. The number of halogens is 2. The van der Waals surface area contributed by atoms with Crippen molar-refractivity contribution in [1.29, 1.82) is 0 Å². The third-order valence-electron chi connectivity index (χ3n) is 2.92. The van der Waals surface area contributed by atoms with Crippen LogP contribution >= 0.6 is 15.9 Å². The van der Waals surface area contributed by atoms with E-state index >= 15 is 0 Å². The van der Waals surface area contributed by atoms with Crippen LogP contribution in [0.5, 0.6) is 11.5 Å². The van der Waals surface area contributed by atoms with Gasteiger partial charge in [0.1, 0.15) is 23.9 Å². The molecule has 0 bridgehead atoms. The molecule has 0 atom stereocenters. The van der Waals surface area contributed by atoms with Crippen LogP contribution in [0.1, 0.15) is 16.7 Å². The molecule has 0 N–H and O–H groups in total. The molecule has 0 saturated heterocycles. The summed E-state index contributed by atoms with van der Waals surface area (Å²) in [6, 6.07) is 10.6. The van der Waals surface area contributed by atoms with E-state index in [1.807, 2.05) is 31.2 Å². The van der Waals surface area contributed by atoms with Crippen LogP contribution in [0.25, 0.3) is 0 Å². The van der Waals surface area contributed by atoms with Crippen molar-refractivity contribution in [3.63, 3.8) is 0 Å². The normalized spacial score (nSPS) is 10.4. The number of ether oxygens (including phenoxy) is 2. The van der Waals surface area contributed by atoms with Crippen molar-refractivity contribution in [2.45, 2.75) is 18.9 Å². The summed E-state index contributed by atoms with van der Waals surface area (Å²) in [5, 5.41) is 0.592. The lowest BCUT2D eigenvalue weighted by Crippen LogP contribution is -2.00. The molecule has 0 saturated carbocycles. The van der Waals surface area contributed by atoms with Gasteiger partial charge < -0.3 is 9.47 Å². The molecule has 0 fully saturated rings. The van der Waals surface area contributed by atoms with Gasteiger partial charge in [-0.2, -0.15) is 0 Å². The van der Waals surface area contributed by atoms with Crippen molar-refractivity contribution in [2.75, 3.05) is 7.11 Å². The quantitative estimate of drug-likeness (QED) is 0.741. The molecule has 20 heavy (non-hydrogen) atoms. The van der Waals surface area contributed by atoms with E-state index in [-0.39, 0.29) is 5.82 Å². The SMILES string of the molecule is COc1ccc(C)cc1COc1cc(F)cc(CBr)c1. The van der Waals surface area contributed by atoms with Crippen molar-refractivity contribution < 1.29 is 13.9 Å². The fourth-order valence-electron chi connectivity index (χ4n) is 1.96. The lowest BCUT2D eigenvalue weighted by molar-refractivity contribution is 0.295. The van der Waals surface area contributed by atoms with Crippen LogP contribution in [0.4, 0.5) is 4.39 Å². The Kier molecular flexibility index (Phi) is 5.01. The first-order chi connectivity index (χ1) is 9.62. The summed E-state index contributed by atoms with van der Waals surface area (Å²) in [7, 11) is 1.62. The summed E-state index contributed by atoms with van der Waals surface area (Å²) in [6.45, 7) is 2.35. The highest BCUT2D eigenvalue weighted by atomic mass is 79.9. The molecular weight excluding hydrogens is 323 g/mol. The summed E-state index contributed by atoms with van der Waals surface area (Å²) in [6.07, 6.45) is 0. The second-order valence-electron chi connectivity index (χ2n) is 4.53. The number of hydrogen-bond donors (Lipinski definition) is 0. The predicted molar refractivity (Wildman–Crippen MR) is 81.1 cm³/mol. The Bertz CT molecular complexity index is 599. The fourth-order valence-corrected chi connectivity index (χ4v) is 2.29. The van der Waals surface area contributed by atoms with E-state index in [0.717, 1.165) is 22.4 Å². The summed E-state index contributed by atoms with van der Waals surface area (Å²) in [5.74, 6) is 0.990. The van der Waals surface area contributed by atoms with Crippen LogP contribution in [0, 0.1) is 12.7 Å². The molecule has 0 aliphatic carbocycles. The van der Waals surface area contributed by atoms with Gasteiger partial charge in [0.25, 0.3) is 0 Å². The van der Waals surface area contributed by atoms with Gasteiger partial charge in [-0.3, -0.25) is 0 Å². The van der Waals surface area contributed by atoms with Crippen molar-refractivity contribution in [3.05, 3.63) is 58.9 Å². The summed E-state index contributed by atoms with van der Waals surface area (Å²) in [5.41, 5.74) is 2.91. The highest BCUT2D eigenvalue weighted by Crippen LogP contribution is 2.23. The third kappa shape index (κ3) is 3.73. The molecule has 4 heteroatoms. The molecule has 106 valence electrons. The van der Waals surface area contributed by atoms with Gasteiger partial charge in [0, 0.05) is 17.0 Å². The highest BCUT2D eigenvalue weighted by Gasteiger charge is 2.06. The first-order valence-corrected chi connectivity index (χ1v) is 7.36. The zero-order chi connectivity index (χ0) is 14.5. The second-order valence-corrected chi connectivity index (χ2v) is 5.09. The Morgan fingerprint density at radius 3 is 2.65 bits per heavy atom. The topological polar surface area (TPSA) is 18.5 Å². The summed E-state index contributed by atoms with van der Waals surface area (Å²) >= 11 is 3.31. The van der Waals surface area contributed by atoms with E-state index < -0.39 is 0 Å². The molecule has 0 radical (unpaired) electrons. The maximum Gasteiger partial charge on any atom is 0.127 e. The Labute approximate surface area is 126 Å². The van der Waals surface area contributed by atoms with E-state index in [1.54, 1.807) is 7.11 Å². The Hall–Kier alpha value is -1.55. The molecule has 2 aromatic rings. The standard InChI is InChI=1S/C16H16BrFO2/c1-11-3-4-16(19-2)13(5-11)10-20-15-7-12(9-17)6-14(18)8-15/h3-8H,9-10H2,1-2H3. The number of methoxy groups -OCH3 is 1. The minimum Gasteiger partial charge on any atom is -0.496 e. The first-order valence-electron chi connectivity index (χ1n) is 6.24. The Morgan fingerprint density at radius 2 is 1.95 bits per heavy atom. The molecule has 0 aromatic heterocycles. The molecule has 2 nitrogen and oxygen atoms in total. The van der Waals surface area contributed by atoms with Crippen LogP contribution in [-0.4, -0.2) is 7.11 Å². The van der Waals surface area contributed by atoms with Crippen molar-refractivity contribution in [2.24, 2.45) is 0 Å². The largest absolute Gasteiger partial charge is 0.496 e. The van der Waals surface area contributed by atoms with Crippen molar-refractivity contribution in [3.8, 4) is 11.5 Å².